The fourth-order valence-corrected chi connectivity index (χ4v) is 12.6. The highest BCUT2D eigenvalue weighted by atomic mass is 33.1. The van der Waals surface area contributed by atoms with Crippen LogP contribution in [-0.2, 0) is 50.1 Å². The Kier molecular flexibility index (Phi) is 18.8. The van der Waals surface area contributed by atoms with Gasteiger partial charge in [-0.25, -0.2) is 28.8 Å². The molecule has 0 fully saturated rings. The summed E-state index contributed by atoms with van der Waals surface area (Å²) in [6.45, 7) is 0. The highest BCUT2D eigenvalue weighted by molar-refractivity contribution is 8.76. The number of benzene rings is 6. The van der Waals surface area contributed by atoms with E-state index in [4.69, 9.17) is 0 Å². The maximum atomic E-state index is 12.9. The van der Waals surface area contributed by atoms with Crippen molar-refractivity contribution in [1.29, 1.82) is 0 Å². The summed E-state index contributed by atoms with van der Waals surface area (Å²) < 4.78 is 140. The van der Waals surface area contributed by atoms with Crippen LogP contribution in [0.1, 0.15) is 20.7 Å². The predicted octanol–water partition coefficient (Wildman–Crippen LogP) is 4.87. The molecule has 2 unspecified atom stereocenters. The molecular weight excluding hydrogens is 1320 g/mol. The third kappa shape index (κ3) is 15.3. The van der Waals surface area contributed by atoms with E-state index in [9.17, 15) is 111 Å². The fraction of sp³-hybridized carbons (Fsp3) is 0.0870. The molecule has 38 nitrogen and oxygen atoms in total. The number of aromatic carboxylic acids is 2. The van der Waals surface area contributed by atoms with Crippen molar-refractivity contribution >= 4 is 165 Å². The molecule has 0 radical (unpaired) electrons. The summed E-state index contributed by atoms with van der Waals surface area (Å²) in [5, 5.41) is 84.6. The number of carboxylic acid groups (broad SMARTS) is 4. The molecule has 16 N–H and O–H groups in total. The number of hydrogen-bond acceptors (Lipinski definition) is 30. The lowest BCUT2D eigenvalue weighted by Crippen LogP contribution is -2.34. The second-order valence-electron chi connectivity index (χ2n) is 17.8. The first-order valence-electron chi connectivity index (χ1n) is 23.9. The Bertz CT molecular complexity index is 4690. The van der Waals surface area contributed by atoms with Gasteiger partial charge in [0.25, 0.3) is 40.5 Å². The van der Waals surface area contributed by atoms with Crippen molar-refractivity contribution < 1.29 is 102 Å². The summed E-state index contributed by atoms with van der Waals surface area (Å²) in [6, 6.07) is 10.2. The van der Waals surface area contributed by atoms with Crippen LogP contribution in [0, 0.1) is 0 Å². The van der Waals surface area contributed by atoms with Gasteiger partial charge in [-0.05, 0) is 71.4 Å². The van der Waals surface area contributed by atoms with Gasteiger partial charge >= 0.3 is 35.3 Å². The Morgan fingerprint density at radius 1 is 0.500 bits per heavy atom. The number of H-pyrrole nitrogens is 2. The van der Waals surface area contributed by atoms with E-state index in [1.54, 1.807) is 0 Å². The van der Waals surface area contributed by atoms with Crippen molar-refractivity contribution in [2.45, 2.75) is 31.7 Å². The lowest BCUT2D eigenvalue weighted by Gasteiger charge is -2.17. The minimum Gasteiger partial charge on any atom is -0.505 e. The molecule has 6 aromatic carbocycles. The number of carbonyl (C=O) groups is 4. The Morgan fingerprint density at radius 3 is 1.18 bits per heavy atom. The normalized spacial score (nSPS) is 12.9. The molecule has 2 heterocycles. The quantitative estimate of drug-likeness (QED) is 0.0157. The minimum atomic E-state index is -5.39. The first-order valence-corrected chi connectivity index (χ1v) is 32.1. The van der Waals surface area contributed by atoms with E-state index in [-0.39, 0.29) is 11.4 Å². The van der Waals surface area contributed by atoms with E-state index in [0.29, 0.717) is 58.0 Å². The summed E-state index contributed by atoms with van der Waals surface area (Å²) in [6.07, 6.45) is 0. The highest BCUT2D eigenvalue weighted by Crippen LogP contribution is 2.48. The number of aromatic amines is 2. The Balaban J connectivity index is 1.02. The van der Waals surface area contributed by atoms with Gasteiger partial charge in [-0.15, -0.1) is 20.5 Å². The molecule has 0 aliphatic carbocycles. The van der Waals surface area contributed by atoms with Crippen molar-refractivity contribution in [1.82, 2.24) is 29.9 Å². The maximum absolute atomic E-state index is 12.9. The van der Waals surface area contributed by atoms with Crippen LogP contribution in [0.4, 0.5) is 57.9 Å². The van der Waals surface area contributed by atoms with E-state index in [0.717, 1.165) is 24.3 Å². The van der Waals surface area contributed by atoms with Crippen LogP contribution in [-0.4, -0.2) is 160 Å². The second-order valence-corrected chi connectivity index (χ2v) is 25.9. The number of azo groups is 2. The number of carboxylic acids is 4. The first-order chi connectivity index (χ1) is 42.1. The Hall–Kier alpha value is -10.3. The highest BCUT2D eigenvalue weighted by Gasteiger charge is 2.30. The third-order valence-electron chi connectivity index (χ3n) is 11.7. The third-order valence-corrected chi connectivity index (χ3v) is 17.6. The number of phenols is 2. The van der Waals surface area contributed by atoms with Gasteiger partial charge in [0.15, 0.2) is 11.5 Å². The van der Waals surface area contributed by atoms with Crippen LogP contribution in [0.25, 0.3) is 21.5 Å². The zero-order valence-electron chi connectivity index (χ0n) is 43.9. The van der Waals surface area contributed by atoms with Crippen LogP contribution in [0.5, 0.6) is 11.5 Å². The minimum absolute atomic E-state index is 0.366. The molecular formula is C46H36N14O24S6. The topological polar surface area (TPSA) is 622 Å². The number of nitrogens with zero attached hydrogens (tertiary/aromatic N) is 8. The van der Waals surface area contributed by atoms with Crippen molar-refractivity contribution in [3.05, 3.63) is 117 Å². The predicted molar refractivity (Wildman–Crippen MR) is 313 cm³/mol. The van der Waals surface area contributed by atoms with Crippen molar-refractivity contribution in [3.8, 4) is 11.5 Å². The molecule has 0 amide bonds. The lowest BCUT2D eigenvalue weighted by atomic mass is 10.1. The van der Waals surface area contributed by atoms with Crippen LogP contribution < -0.4 is 32.6 Å². The summed E-state index contributed by atoms with van der Waals surface area (Å²) in [7, 11) is -19.8. The number of anilines is 6. The van der Waals surface area contributed by atoms with Crippen LogP contribution in [0.2, 0.25) is 0 Å². The molecule has 470 valence electrons. The fourth-order valence-electron chi connectivity index (χ4n) is 7.86. The van der Waals surface area contributed by atoms with Crippen LogP contribution >= 0.6 is 21.6 Å². The molecule has 0 saturated carbocycles. The number of aromatic hydroxyl groups is 2. The maximum Gasteiger partial charge on any atom is 0.351 e. The summed E-state index contributed by atoms with van der Waals surface area (Å²) in [5.74, 6) is -12.5. The molecule has 2 aromatic heterocycles. The molecule has 0 aliphatic rings. The summed E-state index contributed by atoms with van der Waals surface area (Å²) in [4.78, 5) is 89.2. The van der Waals surface area contributed by atoms with Crippen molar-refractivity contribution in [2.75, 3.05) is 32.8 Å². The van der Waals surface area contributed by atoms with E-state index >= 15 is 0 Å². The number of aliphatic carboxylic acids is 2. The number of rotatable bonds is 25. The van der Waals surface area contributed by atoms with Gasteiger partial charge in [0.2, 0.25) is 23.8 Å². The smallest absolute Gasteiger partial charge is 0.351 e. The number of phenolic OH excluding ortho intramolecular Hbond substituents is 2. The first kappa shape index (κ1) is 65.7. The molecule has 8 rings (SSSR count). The zero-order chi connectivity index (χ0) is 65.9. The van der Waals surface area contributed by atoms with Gasteiger partial charge in [-0.2, -0.15) is 53.6 Å². The Morgan fingerprint density at radius 2 is 0.856 bits per heavy atom. The second kappa shape index (κ2) is 25.8. The zero-order valence-corrected chi connectivity index (χ0v) is 48.8. The Labute approximate surface area is 507 Å². The monoisotopic (exact) mass is 1360 g/mol. The number of aromatic nitrogens is 6. The van der Waals surface area contributed by atoms with Gasteiger partial charge in [0.05, 0.1) is 32.3 Å². The van der Waals surface area contributed by atoms with Gasteiger partial charge in [-0.3, -0.25) is 28.2 Å². The van der Waals surface area contributed by atoms with E-state index in [1.807, 2.05) is 0 Å². The van der Waals surface area contributed by atoms with Gasteiger partial charge in [0.1, 0.15) is 44.6 Å². The molecule has 44 heteroatoms. The molecule has 0 spiro atoms. The molecule has 2 atom stereocenters. The van der Waals surface area contributed by atoms with Crippen LogP contribution in [0.3, 0.4) is 0 Å². The summed E-state index contributed by atoms with van der Waals surface area (Å²) >= 11 is 0. The van der Waals surface area contributed by atoms with E-state index in [1.165, 1.54) is 24.3 Å². The SMILES string of the molecule is O=C(O)c1ccccc1N=Nc1c(S(=O)(=O)O)cc2cc(S(=O)(=O)O)cc(Nc3nc(NC(CSSCC(Nc4nc(Nc5cc(S(=O)(=O)O)cc6cc(S(=O)(=O)O)c(N=Nc7ccccc7C(=O)O)c(O)c56)[nH]c(=O)n4)C(=O)O)C(=O)O)nc(=O)[nH]3)c2c1O. The van der Waals surface area contributed by atoms with Gasteiger partial charge in [-0.1, -0.05) is 45.9 Å². The van der Waals surface area contributed by atoms with Crippen molar-refractivity contribution in [3.63, 3.8) is 0 Å². The van der Waals surface area contributed by atoms with E-state index in [2.05, 4.69) is 71.6 Å². The standard InChI is InChI=1S/C46H36N14O24S6/c61-35-31-17(11-29(89(79,80)81)33(35)59-57-23-7-3-1-5-21(23)37(63)64)9-19(87(73,74)75)13-25(31)47-41-51-43(55-45(71)53-41)49-27(39(67)68)15-85-86-16-28(40(69)70)50-44-52-42(54-46(72)56-44)48-26-14-20(88(76,77)78)10-18-12-30(90(82,83)84)34(36(62)32(18)26)60-58-24-8-4-2-6-22(24)38(65)66/h1-14,27-28,61-62H,15-16H2,(H,63,64)(H,65,66)(H,67,68)(H,69,70)(H,73,74,75)(H,76,77,78)(H,79,80,81)(H,82,83,84)(H3,47,49,51,53,55,71)(H3,48,50,52,54,56,72). The molecule has 8 aromatic rings. The number of nitrogens with one attached hydrogen (secondary N) is 6. The molecule has 0 aliphatic heterocycles. The molecule has 90 heavy (non-hydrogen) atoms. The van der Waals surface area contributed by atoms with Crippen molar-refractivity contribution in [2.24, 2.45) is 20.5 Å². The number of hydrogen-bond donors (Lipinski definition) is 16. The van der Waals surface area contributed by atoms with Crippen LogP contribution in [0.15, 0.2) is 135 Å². The summed E-state index contributed by atoms with van der Waals surface area (Å²) in [5.41, 5.74) is -7.42. The van der Waals surface area contributed by atoms with Gasteiger partial charge in [0, 0.05) is 22.3 Å². The average molecular weight is 1360 g/mol. The van der Waals surface area contributed by atoms with Gasteiger partial charge < -0.3 is 51.9 Å². The average Bonchev–Trinajstić information content (AvgIpc) is 0.781. The molecule has 0 bridgehead atoms. The molecule has 0 saturated heterocycles. The van der Waals surface area contributed by atoms with E-state index < -0.39 is 210 Å². The number of fused-ring (bicyclic) bond motifs is 2. The lowest BCUT2D eigenvalue weighted by molar-refractivity contribution is -0.138. The largest absolute Gasteiger partial charge is 0.505 e.